The second kappa shape index (κ2) is 5.39. The first-order valence-corrected chi connectivity index (χ1v) is 5.80. The Morgan fingerprint density at radius 2 is 2.30 bits per heavy atom. The van der Waals surface area contributed by atoms with Gasteiger partial charge in [-0.05, 0) is 18.6 Å². The Bertz CT molecular complexity index is 665. The molecule has 2 rings (SSSR count). The normalized spacial score (nSPS) is 10.2. The topological polar surface area (TPSA) is 127 Å². The fourth-order valence-electron chi connectivity index (χ4n) is 1.72. The number of nitrogens with zero attached hydrogens (tertiary/aromatic N) is 2. The molecule has 2 aromatic rings. The molecule has 4 N–H and O–H groups in total. The molecule has 0 fully saturated rings. The fourth-order valence-corrected chi connectivity index (χ4v) is 1.72. The minimum atomic E-state index is -0.583. The number of hydrogen-bond donors (Lipinski definition) is 3. The number of aryl methyl sites for hydroxylation is 1. The van der Waals surface area contributed by atoms with Crippen molar-refractivity contribution < 1.29 is 9.72 Å². The summed E-state index contributed by atoms with van der Waals surface area (Å²) in [7, 11) is 0. The van der Waals surface area contributed by atoms with Crippen molar-refractivity contribution in [2.45, 2.75) is 13.5 Å². The Morgan fingerprint density at radius 3 is 2.90 bits per heavy atom. The molecule has 0 saturated carbocycles. The lowest BCUT2D eigenvalue weighted by Gasteiger charge is -2.06. The molecule has 1 amide bonds. The van der Waals surface area contributed by atoms with Crippen LogP contribution in [0.15, 0.2) is 24.4 Å². The van der Waals surface area contributed by atoms with Crippen LogP contribution in [0.2, 0.25) is 0 Å². The number of nitro groups is 1. The van der Waals surface area contributed by atoms with Gasteiger partial charge in [0.1, 0.15) is 11.4 Å². The molecule has 0 radical (unpaired) electrons. The van der Waals surface area contributed by atoms with Gasteiger partial charge in [0.2, 0.25) is 0 Å². The molecular formula is C12H13N5O3. The number of nitrogens with two attached hydrogens (primary N) is 1. The number of nitro benzene ring substituents is 1. The van der Waals surface area contributed by atoms with E-state index in [1.165, 1.54) is 18.3 Å². The molecule has 0 bridgehead atoms. The van der Waals surface area contributed by atoms with Crippen molar-refractivity contribution in [3.8, 4) is 0 Å². The second-order valence-corrected chi connectivity index (χ2v) is 4.27. The average molecular weight is 275 g/mol. The molecular weight excluding hydrogens is 262 g/mol. The summed E-state index contributed by atoms with van der Waals surface area (Å²) >= 11 is 0. The minimum absolute atomic E-state index is 0.0251. The van der Waals surface area contributed by atoms with Crippen LogP contribution in [0.25, 0.3) is 0 Å². The van der Waals surface area contributed by atoms with E-state index >= 15 is 0 Å². The highest BCUT2D eigenvalue weighted by Gasteiger charge is 2.20. The van der Waals surface area contributed by atoms with Gasteiger partial charge in [-0.15, -0.1) is 0 Å². The van der Waals surface area contributed by atoms with Gasteiger partial charge in [0.15, 0.2) is 0 Å². The first-order valence-electron chi connectivity index (χ1n) is 5.80. The number of nitrogens with one attached hydrogen (secondary N) is 2. The fraction of sp³-hybridized carbons (Fsp3) is 0.167. The van der Waals surface area contributed by atoms with E-state index in [2.05, 4.69) is 15.5 Å². The summed E-state index contributed by atoms with van der Waals surface area (Å²) in [5, 5.41) is 19.8. The van der Waals surface area contributed by atoms with Crippen LogP contribution < -0.4 is 11.1 Å². The third-order valence-corrected chi connectivity index (χ3v) is 2.78. The molecule has 0 aliphatic carbocycles. The number of hydrogen-bond acceptors (Lipinski definition) is 5. The number of nitrogen functional groups attached to an aromatic ring is 1. The number of carbonyl (C=O) groups is 1. The van der Waals surface area contributed by atoms with Gasteiger partial charge in [-0.25, -0.2) is 0 Å². The standard InChI is InChI=1S/C12H13N5O3/c1-7-2-3-10(17(19)20)9(4-7)12(18)14-5-8-6-15-16-11(8)13/h2-4,6H,5H2,1H3,(H,14,18)(H3,13,15,16). The molecule has 8 heteroatoms. The predicted molar refractivity (Wildman–Crippen MR) is 72.0 cm³/mol. The van der Waals surface area contributed by atoms with Gasteiger partial charge < -0.3 is 11.1 Å². The Balaban J connectivity index is 2.19. The molecule has 0 aliphatic rings. The van der Waals surface area contributed by atoms with Gasteiger partial charge >= 0.3 is 0 Å². The van der Waals surface area contributed by atoms with Crippen molar-refractivity contribution in [1.29, 1.82) is 0 Å². The highest BCUT2D eigenvalue weighted by Crippen LogP contribution is 2.20. The zero-order chi connectivity index (χ0) is 14.7. The third kappa shape index (κ3) is 2.74. The van der Waals surface area contributed by atoms with Gasteiger partial charge in [0, 0.05) is 18.2 Å². The Kier molecular flexibility index (Phi) is 3.65. The van der Waals surface area contributed by atoms with Gasteiger partial charge in [-0.2, -0.15) is 5.10 Å². The maximum absolute atomic E-state index is 12.0. The summed E-state index contributed by atoms with van der Waals surface area (Å²) in [5.74, 6) is -0.176. The van der Waals surface area contributed by atoms with Crippen LogP contribution >= 0.6 is 0 Å². The summed E-state index contributed by atoms with van der Waals surface area (Å²) in [6.07, 6.45) is 1.49. The van der Waals surface area contributed by atoms with Gasteiger partial charge in [-0.3, -0.25) is 20.0 Å². The van der Waals surface area contributed by atoms with E-state index in [1.54, 1.807) is 13.0 Å². The average Bonchev–Trinajstić information content (AvgIpc) is 2.81. The van der Waals surface area contributed by atoms with E-state index in [0.29, 0.717) is 11.4 Å². The molecule has 0 atom stereocenters. The Morgan fingerprint density at radius 1 is 1.55 bits per heavy atom. The lowest BCUT2D eigenvalue weighted by Crippen LogP contribution is -2.24. The maximum atomic E-state index is 12.0. The number of carbonyl (C=O) groups excluding carboxylic acids is 1. The van der Waals surface area contributed by atoms with Gasteiger partial charge in [0.25, 0.3) is 11.6 Å². The largest absolute Gasteiger partial charge is 0.384 e. The van der Waals surface area contributed by atoms with E-state index in [9.17, 15) is 14.9 Å². The number of H-pyrrole nitrogens is 1. The van der Waals surface area contributed by atoms with Crippen molar-refractivity contribution in [3.05, 3.63) is 51.2 Å². The van der Waals surface area contributed by atoms with E-state index in [1.807, 2.05) is 0 Å². The van der Waals surface area contributed by atoms with Crippen molar-refractivity contribution in [3.63, 3.8) is 0 Å². The predicted octanol–water partition coefficient (Wildman–Crippen LogP) is 1.14. The van der Waals surface area contributed by atoms with Gasteiger partial charge in [0.05, 0.1) is 11.1 Å². The summed E-state index contributed by atoms with van der Waals surface area (Å²) in [5.41, 5.74) is 6.77. The van der Waals surface area contributed by atoms with E-state index in [4.69, 9.17) is 5.73 Å². The number of amides is 1. The molecule has 20 heavy (non-hydrogen) atoms. The van der Waals surface area contributed by atoms with Crippen LogP contribution in [0.4, 0.5) is 11.5 Å². The van der Waals surface area contributed by atoms with Crippen LogP contribution in [0, 0.1) is 17.0 Å². The van der Waals surface area contributed by atoms with Crippen molar-refractivity contribution in [2.75, 3.05) is 5.73 Å². The van der Waals surface area contributed by atoms with Crippen LogP contribution in [-0.4, -0.2) is 21.0 Å². The van der Waals surface area contributed by atoms with E-state index in [0.717, 1.165) is 5.56 Å². The SMILES string of the molecule is Cc1ccc([N+](=O)[O-])c(C(=O)NCc2cn[nH]c2N)c1. The minimum Gasteiger partial charge on any atom is -0.384 e. The monoisotopic (exact) mass is 275 g/mol. The zero-order valence-corrected chi connectivity index (χ0v) is 10.7. The molecule has 0 unspecified atom stereocenters. The quantitative estimate of drug-likeness (QED) is 0.569. The summed E-state index contributed by atoms with van der Waals surface area (Å²) in [4.78, 5) is 22.4. The summed E-state index contributed by atoms with van der Waals surface area (Å²) < 4.78 is 0. The van der Waals surface area contributed by atoms with E-state index in [-0.39, 0.29) is 17.8 Å². The van der Waals surface area contributed by atoms with Crippen LogP contribution in [0.5, 0.6) is 0 Å². The number of aromatic amines is 1. The first-order chi connectivity index (χ1) is 9.49. The van der Waals surface area contributed by atoms with Crippen LogP contribution in [0.3, 0.4) is 0 Å². The van der Waals surface area contributed by atoms with Crippen molar-refractivity contribution in [2.24, 2.45) is 0 Å². The number of benzene rings is 1. The number of anilines is 1. The molecule has 1 aromatic carbocycles. The molecule has 0 spiro atoms. The highest BCUT2D eigenvalue weighted by atomic mass is 16.6. The Hall–Kier alpha value is -2.90. The molecule has 0 saturated heterocycles. The number of aromatic nitrogens is 2. The molecule has 104 valence electrons. The third-order valence-electron chi connectivity index (χ3n) is 2.78. The number of rotatable bonds is 4. The molecule has 0 aliphatic heterocycles. The van der Waals surface area contributed by atoms with Crippen LogP contribution in [-0.2, 0) is 6.54 Å². The lowest BCUT2D eigenvalue weighted by atomic mass is 10.1. The molecule has 1 aromatic heterocycles. The highest BCUT2D eigenvalue weighted by molar-refractivity contribution is 5.98. The second-order valence-electron chi connectivity index (χ2n) is 4.27. The van der Waals surface area contributed by atoms with Crippen molar-refractivity contribution in [1.82, 2.24) is 15.5 Å². The van der Waals surface area contributed by atoms with Gasteiger partial charge in [-0.1, -0.05) is 6.07 Å². The summed E-state index contributed by atoms with van der Waals surface area (Å²) in [6, 6.07) is 4.38. The molecule has 8 nitrogen and oxygen atoms in total. The Labute approximate surface area is 114 Å². The summed E-state index contributed by atoms with van der Waals surface area (Å²) in [6.45, 7) is 1.90. The molecule has 1 heterocycles. The van der Waals surface area contributed by atoms with Crippen LogP contribution in [0.1, 0.15) is 21.5 Å². The first kappa shape index (κ1) is 13.5. The smallest absolute Gasteiger partial charge is 0.282 e. The van der Waals surface area contributed by atoms with Crippen molar-refractivity contribution >= 4 is 17.4 Å². The zero-order valence-electron chi connectivity index (χ0n) is 10.7. The lowest BCUT2D eigenvalue weighted by molar-refractivity contribution is -0.385. The maximum Gasteiger partial charge on any atom is 0.282 e. The van der Waals surface area contributed by atoms with E-state index < -0.39 is 10.8 Å².